The fraction of sp³-hybridized carbons (Fsp3) is 0.643. The summed E-state index contributed by atoms with van der Waals surface area (Å²) in [7, 11) is 1.52. The van der Waals surface area contributed by atoms with Gasteiger partial charge in [-0.05, 0) is 25.0 Å². The van der Waals surface area contributed by atoms with Gasteiger partial charge in [0.1, 0.15) is 11.9 Å². The number of hydrogen-bond donors (Lipinski definition) is 1. The molecule has 2 rings (SSSR count). The van der Waals surface area contributed by atoms with Gasteiger partial charge in [0.2, 0.25) is 0 Å². The number of nitrogens with zero attached hydrogens (tertiary/aromatic N) is 1. The van der Waals surface area contributed by atoms with E-state index in [1.54, 1.807) is 6.26 Å². The van der Waals surface area contributed by atoms with Crippen molar-refractivity contribution in [2.75, 3.05) is 13.7 Å². The summed E-state index contributed by atoms with van der Waals surface area (Å²) in [6, 6.07) is 4.00. The molecule has 1 aliphatic carbocycles. The number of rotatable bonds is 6. The Morgan fingerprint density at radius 1 is 1.58 bits per heavy atom. The molecule has 1 aromatic rings. The number of ether oxygens (including phenoxy) is 1. The van der Waals surface area contributed by atoms with Gasteiger partial charge in [-0.1, -0.05) is 12.8 Å². The fourth-order valence-corrected chi connectivity index (χ4v) is 2.66. The minimum Gasteiger partial charge on any atom is -0.467 e. The van der Waals surface area contributed by atoms with Crippen LogP contribution in [0.4, 0.5) is 0 Å². The summed E-state index contributed by atoms with van der Waals surface area (Å²) < 4.78 is 10.5. The number of carbonyl (C=O) groups is 1. The van der Waals surface area contributed by atoms with Crippen molar-refractivity contribution in [2.45, 2.75) is 44.4 Å². The minimum atomic E-state index is -0.560. The largest absolute Gasteiger partial charge is 0.467 e. The third-order valence-corrected chi connectivity index (χ3v) is 3.73. The molecule has 1 aromatic heterocycles. The Hall–Kier alpha value is -1.33. The topological polar surface area (TPSA) is 68.7 Å². The van der Waals surface area contributed by atoms with Crippen LogP contribution in [0.1, 0.15) is 31.4 Å². The molecule has 1 aliphatic rings. The first-order valence-corrected chi connectivity index (χ1v) is 6.82. The molecule has 0 saturated heterocycles. The van der Waals surface area contributed by atoms with Gasteiger partial charge in [-0.25, -0.2) is 0 Å². The first kappa shape index (κ1) is 14.1. The Balaban J connectivity index is 2.10. The number of amides is 1. The number of nitrogens with two attached hydrogens (primary N) is 1. The molecule has 5 heteroatoms. The van der Waals surface area contributed by atoms with Gasteiger partial charge in [0.15, 0.2) is 0 Å². The average Bonchev–Trinajstić information content (AvgIpc) is 3.10. The van der Waals surface area contributed by atoms with Crippen LogP contribution in [-0.2, 0) is 16.1 Å². The molecule has 0 spiro atoms. The van der Waals surface area contributed by atoms with E-state index in [9.17, 15) is 4.79 Å². The Morgan fingerprint density at radius 2 is 2.32 bits per heavy atom. The summed E-state index contributed by atoms with van der Waals surface area (Å²) in [6.45, 7) is 0.701. The van der Waals surface area contributed by atoms with Crippen molar-refractivity contribution in [3.05, 3.63) is 24.2 Å². The lowest BCUT2D eigenvalue weighted by molar-refractivity contribution is -0.144. The van der Waals surface area contributed by atoms with Crippen molar-refractivity contribution in [1.29, 1.82) is 0 Å². The molecule has 0 radical (unpaired) electrons. The van der Waals surface area contributed by atoms with Gasteiger partial charge >= 0.3 is 0 Å². The van der Waals surface area contributed by atoms with Gasteiger partial charge in [0.05, 0.1) is 12.8 Å². The zero-order valence-electron chi connectivity index (χ0n) is 11.4. The first-order chi connectivity index (χ1) is 9.26. The van der Waals surface area contributed by atoms with Crippen molar-refractivity contribution in [2.24, 2.45) is 5.73 Å². The third-order valence-electron chi connectivity index (χ3n) is 3.73. The van der Waals surface area contributed by atoms with Crippen molar-refractivity contribution in [1.82, 2.24) is 4.90 Å². The van der Waals surface area contributed by atoms with Crippen LogP contribution in [0.3, 0.4) is 0 Å². The molecule has 0 aromatic carbocycles. The molecule has 2 N–H and O–H groups in total. The van der Waals surface area contributed by atoms with Crippen molar-refractivity contribution >= 4 is 5.91 Å². The van der Waals surface area contributed by atoms with E-state index in [0.717, 1.165) is 18.6 Å². The van der Waals surface area contributed by atoms with Gasteiger partial charge in [0, 0.05) is 19.7 Å². The van der Waals surface area contributed by atoms with Gasteiger partial charge in [-0.3, -0.25) is 4.79 Å². The van der Waals surface area contributed by atoms with Gasteiger partial charge in [0.25, 0.3) is 5.91 Å². The molecule has 19 heavy (non-hydrogen) atoms. The third kappa shape index (κ3) is 3.36. The van der Waals surface area contributed by atoms with E-state index in [-0.39, 0.29) is 18.5 Å². The van der Waals surface area contributed by atoms with Gasteiger partial charge in [-0.2, -0.15) is 0 Å². The van der Waals surface area contributed by atoms with Crippen LogP contribution in [0, 0.1) is 0 Å². The van der Waals surface area contributed by atoms with Gasteiger partial charge in [-0.15, -0.1) is 0 Å². The van der Waals surface area contributed by atoms with Crippen molar-refractivity contribution in [3.63, 3.8) is 0 Å². The zero-order chi connectivity index (χ0) is 13.7. The van der Waals surface area contributed by atoms with Crippen LogP contribution in [0.25, 0.3) is 0 Å². The predicted molar refractivity (Wildman–Crippen MR) is 71.4 cm³/mol. The Morgan fingerprint density at radius 3 is 2.84 bits per heavy atom. The van der Waals surface area contributed by atoms with E-state index < -0.39 is 6.10 Å². The molecule has 1 unspecified atom stereocenters. The smallest absolute Gasteiger partial charge is 0.253 e. The second kappa shape index (κ2) is 6.73. The highest BCUT2D eigenvalue weighted by Crippen LogP contribution is 2.26. The van der Waals surface area contributed by atoms with E-state index in [0.29, 0.717) is 6.54 Å². The molecule has 106 valence electrons. The Labute approximate surface area is 113 Å². The highest BCUT2D eigenvalue weighted by atomic mass is 16.5. The Kier molecular flexibility index (Phi) is 4.99. The Bertz CT molecular complexity index is 381. The molecule has 1 heterocycles. The molecule has 1 saturated carbocycles. The number of methoxy groups -OCH3 is 1. The second-order valence-electron chi connectivity index (χ2n) is 4.94. The monoisotopic (exact) mass is 266 g/mol. The number of furan rings is 1. The van der Waals surface area contributed by atoms with Crippen LogP contribution in [-0.4, -0.2) is 36.6 Å². The van der Waals surface area contributed by atoms with Crippen LogP contribution in [0.5, 0.6) is 0 Å². The molecule has 5 nitrogen and oxygen atoms in total. The second-order valence-corrected chi connectivity index (χ2v) is 4.94. The molecular weight excluding hydrogens is 244 g/mol. The molecule has 0 aliphatic heterocycles. The summed E-state index contributed by atoms with van der Waals surface area (Å²) in [5.41, 5.74) is 5.60. The summed E-state index contributed by atoms with van der Waals surface area (Å²) in [4.78, 5) is 14.4. The lowest BCUT2D eigenvalue weighted by Gasteiger charge is -2.30. The van der Waals surface area contributed by atoms with Crippen molar-refractivity contribution < 1.29 is 13.9 Å². The SMILES string of the molecule is COC(CN)C(=O)N(Cc1ccco1)C1CCCC1. The van der Waals surface area contributed by atoms with E-state index in [2.05, 4.69) is 0 Å². The van der Waals surface area contributed by atoms with Crippen LogP contribution in [0.15, 0.2) is 22.8 Å². The van der Waals surface area contributed by atoms with E-state index in [1.165, 1.54) is 20.0 Å². The van der Waals surface area contributed by atoms with Gasteiger partial charge < -0.3 is 19.8 Å². The first-order valence-electron chi connectivity index (χ1n) is 6.82. The molecule has 1 fully saturated rings. The maximum Gasteiger partial charge on any atom is 0.253 e. The summed E-state index contributed by atoms with van der Waals surface area (Å²) in [5.74, 6) is 0.764. The highest BCUT2D eigenvalue weighted by Gasteiger charge is 2.31. The zero-order valence-corrected chi connectivity index (χ0v) is 11.4. The lowest BCUT2D eigenvalue weighted by atomic mass is 10.1. The van der Waals surface area contributed by atoms with Crippen LogP contribution in [0.2, 0.25) is 0 Å². The minimum absolute atomic E-state index is 0.0340. The normalized spacial score (nSPS) is 17.6. The molecular formula is C14H22N2O3. The maximum absolute atomic E-state index is 12.5. The van der Waals surface area contributed by atoms with E-state index in [1.807, 2.05) is 17.0 Å². The van der Waals surface area contributed by atoms with Crippen molar-refractivity contribution in [3.8, 4) is 0 Å². The summed E-state index contributed by atoms with van der Waals surface area (Å²) in [6.07, 6.45) is 5.51. The lowest BCUT2D eigenvalue weighted by Crippen LogP contribution is -2.47. The predicted octanol–water partition coefficient (Wildman–Crippen LogP) is 1.52. The highest BCUT2D eigenvalue weighted by molar-refractivity contribution is 5.81. The number of carbonyl (C=O) groups excluding carboxylic acids is 1. The number of hydrogen-bond acceptors (Lipinski definition) is 4. The standard InChI is InChI=1S/C14H22N2O3/c1-18-13(9-15)14(17)16(11-5-2-3-6-11)10-12-7-4-8-19-12/h4,7-8,11,13H,2-3,5-6,9-10,15H2,1H3. The summed E-state index contributed by atoms with van der Waals surface area (Å²) >= 11 is 0. The van der Waals surface area contributed by atoms with E-state index >= 15 is 0 Å². The van der Waals surface area contributed by atoms with Crippen LogP contribution < -0.4 is 5.73 Å². The average molecular weight is 266 g/mol. The van der Waals surface area contributed by atoms with Crippen LogP contribution >= 0.6 is 0 Å². The molecule has 1 atom stereocenters. The summed E-state index contributed by atoms with van der Waals surface area (Å²) in [5, 5.41) is 0. The fourth-order valence-electron chi connectivity index (χ4n) is 2.66. The maximum atomic E-state index is 12.5. The molecule has 1 amide bonds. The molecule has 0 bridgehead atoms. The quantitative estimate of drug-likeness (QED) is 0.847. The van der Waals surface area contributed by atoms with E-state index in [4.69, 9.17) is 14.9 Å².